The van der Waals surface area contributed by atoms with E-state index in [-0.39, 0.29) is 23.9 Å². The molecule has 8 nitrogen and oxygen atoms in total. The number of hydrogen-bond acceptors (Lipinski definition) is 6. The molecule has 9 heteroatoms. The SMILES string of the molecule is CCn1cc(S(=O)(=O)NCc2noc(C)n2)cc1CO. The van der Waals surface area contributed by atoms with E-state index in [1.807, 2.05) is 6.92 Å². The predicted molar refractivity (Wildman–Crippen MR) is 69.1 cm³/mol. The van der Waals surface area contributed by atoms with Crippen molar-refractivity contribution in [2.45, 2.75) is 38.4 Å². The van der Waals surface area contributed by atoms with E-state index in [0.29, 0.717) is 18.1 Å². The van der Waals surface area contributed by atoms with Gasteiger partial charge in [0.1, 0.15) is 0 Å². The molecule has 20 heavy (non-hydrogen) atoms. The fraction of sp³-hybridized carbons (Fsp3) is 0.455. The summed E-state index contributed by atoms with van der Waals surface area (Å²) in [4.78, 5) is 4.01. The first-order valence-electron chi connectivity index (χ1n) is 6.05. The minimum atomic E-state index is -3.67. The average Bonchev–Trinajstić information content (AvgIpc) is 3.02. The van der Waals surface area contributed by atoms with Crippen LogP contribution in [-0.4, -0.2) is 28.2 Å². The molecule has 2 rings (SSSR count). The lowest BCUT2D eigenvalue weighted by Gasteiger charge is -2.02. The summed E-state index contributed by atoms with van der Waals surface area (Å²) in [7, 11) is -3.67. The van der Waals surface area contributed by atoms with E-state index >= 15 is 0 Å². The van der Waals surface area contributed by atoms with E-state index in [4.69, 9.17) is 4.52 Å². The van der Waals surface area contributed by atoms with Gasteiger partial charge in [-0.3, -0.25) is 0 Å². The maximum Gasteiger partial charge on any atom is 0.242 e. The third-order valence-electron chi connectivity index (χ3n) is 2.76. The third-order valence-corrected chi connectivity index (χ3v) is 4.13. The number of nitrogens with one attached hydrogen (secondary N) is 1. The summed E-state index contributed by atoms with van der Waals surface area (Å²) in [6.45, 7) is 3.80. The number of sulfonamides is 1. The molecule has 0 aliphatic rings. The Morgan fingerprint density at radius 2 is 2.25 bits per heavy atom. The Kier molecular flexibility index (Phi) is 4.21. The molecule has 0 bridgehead atoms. The van der Waals surface area contributed by atoms with E-state index in [1.165, 1.54) is 12.3 Å². The number of nitrogens with zero attached hydrogens (tertiary/aromatic N) is 3. The number of hydrogen-bond donors (Lipinski definition) is 2. The molecular weight excluding hydrogens is 284 g/mol. The van der Waals surface area contributed by atoms with Gasteiger partial charge in [0.2, 0.25) is 15.9 Å². The Bertz CT molecular complexity index is 668. The molecule has 0 fully saturated rings. The van der Waals surface area contributed by atoms with Crippen molar-refractivity contribution < 1.29 is 18.0 Å². The molecular formula is C11H16N4O4S. The first-order valence-corrected chi connectivity index (χ1v) is 7.53. The molecule has 0 aliphatic heterocycles. The molecule has 2 aromatic rings. The number of aromatic nitrogens is 3. The van der Waals surface area contributed by atoms with Crippen LogP contribution in [0.3, 0.4) is 0 Å². The van der Waals surface area contributed by atoms with Crippen LogP contribution in [-0.2, 0) is 29.7 Å². The summed E-state index contributed by atoms with van der Waals surface area (Å²) < 4.78 is 33.1. The van der Waals surface area contributed by atoms with Crippen molar-refractivity contribution in [2.24, 2.45) is 0 Å². The van der Waals surface area contributed by atoms with Crippen molar-refractivity contribution in [1.29, 1.82) is 0 Å². The van der Waals surface area contributed by atoms with Crippen molar-refractivity contribution in [3.63, 3.8) is 0 Å². The lowest BCUT2D eigenvalue weighted by atomic mass is 10.4. The van der Waals surface area contributed by atoms with Gasteiger partial charge in [0, 0.05) is 25.4 Å². The summed E-state index contributed by atoms with van der Waals surface area (Å²) in [5, 5.41) is 12.8. The zero-order chi connectivity index (χ0) is 14.8. The highest BCUT2D eigenvalue weighted by molar-refractivity contribution is 7.89. The molecule has 0 saturated carbocycles. The number of aliphatic hydroxyl groups is 1. The zero-order valence-corrected chi connectivity index (χ0v) is 12.0. The van der Waals surface area contributed by atoms with Gasteiger partial charge in [-0.25, -0.2) is 13.1 Å². The molecule has 2 aromatic heterocycles. The second-order valence-electron chi connectivity index (χ2n) is 4.17. The van der Waals surface area contributed by atoms with Gasteiger partial charge >= 0.3 is 0 Å². The normalized spacial score (nSPS) is 11.9. The minimum absolute atomic E-state index is 0.0502. The number of aliphatic hydroxyl groups excluding tert-OH is 1. The van der Waals surface area contributed by atoms with E-state index in [1.54, 1.807) is 11.5 Å². The molecule has 0 amide bonds. The largest absolute Gasteiger partial charge is 0.390 e. The molecule has 110 valence electrons. The topological polar surface area (TPSA) is 110 Å². The van der Waals surface area contributed by atoms with Crippen LogP contribution >= 0.6 is 0 Å². The number of aryl methyl sites for hydroxylation is 2. The van der Waals surface area contributed by atoms with Crippen LogP contribution in [0.25, 0.3) is 0 Å². The molecule has 0 spiro atoms. The van der Waals surface area contributed by atoms with E-state index in [0.717, 1.165) is 0 Å². The van der Waals surface area contributed by atoms with Crippen LogP contribution < -0.4 is 4.72 Å². The zero-order valence-electron chi connectivity index (χ0n) is 11.2. The van der Waals surface area contributed by atoms with Gasteiger partial charge in [-0.1, -0.05) is 5.16 Å². The summed E-state index contributed by atoms with van der Waals surface area (Å²) in [5.41, 5.74) is 0.545. The van der Waals surface area contributed by atoms with Crippen LogP contribution in [0.4, 0.5) is 0 Å². The molecule has 2 heterocycles. The van der Waals surface area contributed by atoms with Crippen LogP contribution in [0.5, 0.6) is 0 Å². The molecule has 0 aliphatic carbocycles. The van der Waals surface area contributed by atoms with Gasteiger partial charge in [0.15, 0.2) is 5.82 Å². The predicted octanol–water partition coefficient (Wildman–Crippen LogP) is 0.170. The summed E-state index contributed by atoms with van der Waals surface area (Å²) in [6.07, 6.45) is 1.48. The van der Waals surface area contributed by atoms with Gasteiger partial charge in [0.05, 0.1) is 18.0 Å². The lowest BCUT2D eigenvalue weighted by Crippen LogP contribution is -2.23. The smallest absolute Gasteiger partial charge is 0.242 e. The second kappa shape index (κ2) is 5.73. The number of rotatable bonds is 6. The summed E-state index contributed by atoms with van der Waals surface area (Å²) >= 11 is 0. The van der Waals surface area contributed by atoms with Crippen LogP contribution in [0.2, 0.25) is 0 Å². The van der Waals surface area contributed by atoms with Crippen LogP contribution in [0.1, 0.15) is 24.3 Å². The molecule has 2 N–H and O–H groups in total. The average molecular weight is 300 g/mol. The molecule has 0 unspecified atom stereocenters. The second-order valence-corrected chi connectivity index (χ2v) is 5.93. The monoisotopic (exact) mass is 300 g/mol. The van der Waals surface area contributed by atoms with Crippen LogP contribution in [0, 0.1) is 6.92 Å². The summed E-state index contributed by atoms with van der Waals surface area (Å²) in [6, 6.07) is 1.44. The van der Waals surface area contributed by atoms with Crippen molar-refractivity contribution >= 4 is 10.0 Å². The van der Waals surface area contributed by atoms with Crippen molar-refractivity contribution in [1.82, 2.24) is 19.4 Å². The Morgan fingerprint density at radius 3 is 2.75 bits per heavy atom. The highest BCUT2D eigenvalue weighted by atomic mass is 32.2. The Morgan fingerprint density at radius 1 is 1.50 bits per heavy atom. The van der Waals surface area contributed by atoms with E-state index in [2.05, 4.69) is 14.9 Å². The minimum Gasteiger partial charge on any atom is -0.390 e. The molecule has 0 radical (unpaired) electrons. The van der Waals surface area contributed by atoms with Gasteiger partial charge < -0.3 is 14.2 Å². The summed E-state index contributed by atoms with van der Waals surface area (Å²) in [5.74, 6) is 0.641. The first kappa shape index (κ1) is 14.7. The van der Waals surface area contributed by atoms with Gasteiger partial charge in [-0.2, -0.15) is 4.98 Å². The Hall–Kier alpha value is -1.71. The van der Waals surface area contributed by atoms with Crippen molar-refractivity contribution in [2.75, 3.05) is 0 Å². The lowest BCUT2D eigenvalue weighted by molar-refractivity contribution is 0.271. The van der Waals surface area contributed by atoms with E-state index in [9.17, 15) is 13.5 Å². The van der Waals surface area contributed by atoms with Crippen molar-refractivity contribution in [3.05, 3.63) is 29.7 Å². The highest BCUT2D eigenvalue weighted by Crippen LogP contribution is 2.15. The quantitative estimate of drug-likeness (QED) is 0.787. The maximum absolute atomic E-state index is 12.1. The van der Waals surface area contributed by atoms with Crippen molar-refractivity contribution in [3.8, 4) is 0 Å². The highest BCUT2D eigenvalue weighted by Gasteiger charge is 2.18. The Labute approximate surface area is 116 Å². The fourth-order valence-corrected chi connectivity index (χ4v) is 2.80. The Balaban J connectivity index is 2.15. The maximum atomic E-state index is 12.1. The fourth-order valence-electron chi connectivity index (χ4n) is 1.75. The standard InChI is InChI=1S/C11H16N4O4S/c1-3-15-6-10(4-9(15)7-16)20(17,18)12-5-11-13-8(2)19-14-11/h4,6,12,16H,3,5,7H2,1-2H3. The molecule has 0 atom stereocenters. The van der Waals surface area contributed by atoms with Gasteiger partial charge in [0.25, 0.3) is 0 Å². The third kappa shape index (κ3) is 3.06. The van der Waals surface area contributed by atoms with Gasteiger partial charge in [-0.05, 0) is 13.0 Å². The van der Waals surface area contributed by atoms with Gasteiger partial charge in [-0.15, -0.1) is 0 Å². The first-order chi connectivity index (χ1) is 9.46. The molecule has 0 saturated heterocycles. The van der Waals surface area contributed by atoms with E-state index < -0.39 is 10.0 Å². The molecule has 0 aromatic carbocycles. The van der Waals surface area contributed by atoms with Crippen LogP contribution in [0.15, 0.2) is 21.7 Å².